The molecular weight excluding hydrogens is 156 g/mol. The Morgan fingerprint density at radius 2 is 1.82 bits per heavy atom. The van der Waals surface area contributed by atoms with Gasteiger partial charge in [0.2, 0.25) is 0 Å². The Balaban J connectivity index is 3.79. The van der Waals surface area contributed by atoms with Crippen LogP contribution in [0.2, 0.25) is 0 Å². The first kappa shape index (κ1) is 10.9. The van der Waals surface area contributed by atoms with E-state index in [1.807, 2.05) is 0 Å². The fraction of sp³-hybridized carbons (Fsp3) is 0.750. The molecule has 0 saturated heterocycles. The molecule has 0 fully saturated rings. The Morgan fingerprint density at radius 3 is 2.09 bits per heavy atom. The molecule has 3 heteroatoms. The summed E-state index contributed by atoms with van der Waals surface area (Å²) in [4.78, 5) is 0. The lowest BCUT2D eigenvalue weighted by atomic mass is 10.1. The number of hydrogen-bond donors (Lipinski definition) is 0. The van der Waals surface area contributed by atoms with E-state index < -0.39 is 9.28 Å². The van der Waals surface area contributed by atoms with E-state index in [9.17, 15) is 0 Å². The molecule has 0 atom stereocenters. The van der Waals surface area contributed by atoms with Crippen LogP contribution in [0.25, 0.3) is 0 Å². The smallest absolute Gasteiger partial charge is 0.350 e. The maximum atomic E-state index is 5.18. The molecule has 0 radical (unpaired) electrons. The van der Waals surface area contributed by atoms with Crippen molar-refractivity contribution in [1.82, 2.24) is 0 Å². The van der Waals surface area contributed by atoms with Gasteiger partial charge in [0.15, 0.2) is 0 Å². The molecule has 0 spiro atoms. The number of hydrogen-bond acceptors (Lipinski definition) is 2. The van der Waals surface area contributed by atoms with Gasteiger partial charge in [0, 0.05) is 14.2 Å². The molecule has 0 aliphatic carbocycles. The molecule has 0 amide bonds. The molecule has 2 nitrogen and oxygen atoms in total. The van der Waals surface area contributed by atoms with Crippen LogP contribution in [0, 0.1) is 5.92 Å². The zero-order valence-electron chi connectivity index (χ0n) is 7.89. The van der Waals surface area contributed by atoms with Crippen molar-refractivity contribution in [3.05, 3.63) is 11.8 Å². The molecule has 0 aromatic heterocycles. The van der Waals surface area contributed by atoms with Gasteiger partial charge in [-0.15, -0.1) is 0 Å². The highest BCUT2D eigenvalue weighted by Gasteiger charge is 2.14. The molecule has 0 unspecified atom stereocenters. The van der Waals surface area contributed by atoms with Crippen LogP contribution in [0.5, 0.6) is 0 Å². The standard InChI is InChI=1S/C8H18O2Si/c1-7(2)6-8(3)11(9-4)10-5/h7,11H,3,6H2,1-2,4-5H3. The molecule has 0 aromatic rings. The Bertz CT molecular complexity index is 119. The van der Waals surface area contributed by atoms with Crippen LogP contribution in [0.4, 0.5) is 0 Å². The average Bonchev–Trinajstić information content (AvgIpc) is 1.88. The van der Waals surface area contributed by atoms with Gasteiger partial charge in [-0.3, -0.25) is 0 Å². The quantitative estimate of drug-likeness (QED) is 0.590. The maximum absolute atomic E-state index is 5.18. The zero-order valence-corrected chi connectivity index (χ0v) is 9.04. The molecule has 0 rings (SSSR count). The summed E-state index contributed by atoms with van der Waals surface area (Å²) >= 11 is 0. The van der Waals surface area contributed by atoms with Gasteiger partial charge in [0.05, 0.1) is 0 Å². The predicted octanol–water partition coefficient (Wildman–Crippen LogP) is 1.64. The third-order valence-corrected chi connectivity index (χ3v) is 3.19. The van der Waals surface area contributed by atoms with Crippen molar-refractivity contribution in [2.45, 2.75) is 20.3 Å². The lowest BCUT2D eigenvalue weighted by molar-refractivity contribution is 0.284. The Hall–Kier alpha value is -0.123. The van der Waals surface area contributed by atoms with Crippen molar-refractivity contribution in [3.8, 4) is 0 Å². The van der Waals surface area contributed by atoms with E-state index >= 15 is 0 Å². The van der Waals surface area contributed by atoms with E-state index in [1.54, 1.807) is 14.2 Å². The van der Waals surface area contributed by atoms with Crippen molar-refractivity contribution >= 4 is 9.28 Å². The van der Waals surface area contributed by atoms with Crippen LogP contribution in [0.3, 0.4) is 0 Å². The fourth-order valence-corrected chi connectivity index (χ4v) is 2.57. The summed E-state index contributed by atoms with van der Waals surface area (Å²) in [6, 6.07) is 0. The van der Waals surface area contributed by atoms with Crippen molar-refractivity contribution in [2.24, 2.45) is 5.92 Å². The topological polar surface area (TPSA) is 18.5 Å². The van der Waals surface area contributed by atoms with Gasteiger partial charge >= 0.3 is 9.28 Å². The number of allylic oxidation sites excluding steroid dienone is 1. The summed E-state index contributed by atoms with van der Waals surface area (Å²) < 4.78 is 10.4. The largest absolute Gasteiger partial charge is 0.397 e. The molecule has 0 bridgehead atoms. The van der Waals surface area contributed by atoms with Gasteiger partial charge in [-0.25, -0.2) is 0 Å². The van der Waals surface area contributed by atoms with E-state index in [4.69, 9.17) is 8.85 Å². The van der Waals surface area contributed by atoms with Gasteiger partial charge < -0.3 is 8.85 Å². The Kier molecular flexibility index (Phi) is 5.46. The molecule has 0 N–H and O–H groups in total. The highest BCUT2D eigenvalue weighted by Crippen LogP contribution is 2.11. The summed E-state index contributed by atoms with van der Waals surface area (Å²) in [6.45, 7) is 8.29. The summed E-state index contributed by atoms with van der Waals surface area (Å²) in [6.07, 6.45) is 1.01. The Labute approximate surface area is 71.1 Å². The van der Waals surface area contributed by atoms with Gasteiger partial charge in [0.25, 0.3) is 0 Å². The zero-order chi connectivity index (χ0) is 8.85. The highest BCUT2D eigenvalue weighted by atomic mass is 28.3. The molecule has 0 heterocycles. The molecule has 0 aliphatic rings. The monoisotopic (exact) mass is 174 g/mol. The molecule has 66 valence electrons. The summed E-state index contributed by atoms with van der Waals surface area (Å²) in [7, 11) is 1.84. The number of rotatable bonds is 5. The maximum Gasteiger partial charge on any atom is 0.350 e. The second-order valence-electron chi connectivity index (χ2n) is 3.06. The summed E-state index contributed by atoms with van der Waals surface area (Å²) in [5.74, 6) is 0.641. The highest BCUT2D eigenvalue weighted by molar-refractivity contribution is 6.53. The average molecular weight is 174 g/mol. The van der Waals surface area contributed by atoms with E-state index in [-0.39, 0.29) is 0 Å². The third-order valence-electron chi connectivity index (χ3n) is 1.43. The normalized spacial score (nSPS) is 11.1. The molecule has 11 heavy (non-hydrogen) atoms. The van der Waals surface area contributed by atoms with E-state index in [2.05, 4.69) is 20.4 Å². The lowest BCUT2D eigenvalue weighted by Crippen LogP contribution is -2.22. The fourth-order valence-electron chi connectivity index (χ4n) is 1.05. The van der Waals surface area contributed by atoms with E-state index in [0.717, 1.165) is 11.6 Å². The van der Waals surface area contributed by atoms with Gasteiger partial charge in [-0.2, -0.15) is 0 Å². The summed E-state index contributed by atoms with van der Waals surface area (Å²) in [5.41, 5.74) is 0. The first-order valence-corrected chi connectivity index (χ1v) is 5.37. The first-order chi connectivity index (χ1) is 5.11. The second kappa shape index (κ2) is 5.52. The minimum Gasteiger partial charge on any atom is -0.397 e. The van der Waals surface area contributed by atoms with Crippen LogP contribution < -0.4 is 0 Å². The van der Waals surface area contributed by atoms with Crippen molar-refractivity contribution in [1.29, 1.82) is 0 Å². The van der Waals surface area contributed by atoms with E-state index in [0.29, 0.717) is 5.92 Å². The molecular formula is C8H18O2Si. The van der Waals surface area contributed by atoms with Crippen LogP contribution in [-0.2, 0) is 8.85 Å². The first-order valence-electron chi connectivity index (χ1n) is 3.85. The lowest BCUT2D eigenvalue weighted by Gasteiger charge is -2.15. The van der Waals surface area contributed by atoms with Gasteiger partial charge in [-0.1, -0.05) is 20.4 Å². The van der Waals surface area contributed by atoms with Crippen LogP contribution in [0.15, 0.2) is 11.8 Å². The third kappa shape index (κ3) is 4.34. The van der Waals surface area contributed by atoms with Crippen molar-refractivity contribution in [2.75, 3.05) is 14.2 Å². The SMILES string of the molecule is C=C(CC(C)C)[SiH](OC)OC. The minimum atomic E-state index is -1.54. The van der Waals surface area contributed by atoms with Gasteiger partial charge in [-0.05, 0) is 17.5 Å². The van der Waals surface area contributed by atoms with E-state index in [1.165, 1.54) is 0 Å². The van der Waals surface area contributed by atoms with Crippen molar-refractivity contribution in [3.63, 3.8) is 0 Å². The molecule has 0 aliphatic heterocycles. The van der Waals surface area contributed by atoms with Crippen LogP contribution in [0.1, 0.15) is 20.3 Å². The Morgan fingerprint density at radius 1 is 1.36 bits per heavy atom. The molecule has 0 aromatic carbocycles. The minimum absolute atomic E-state index is 0.641. The second-order valence-corrected chi connectivity index (χ2v) is 5.48. The van der Waals surface area contributed by atoms with Gasteiger partial charge in [0.1, 0.15) is 0 Å². The van der Waals surface area contributed by atoms with Crippen molar-refractivity contribution < 1.29 is 8.85 Å². The predicted molar refractivity (Wildman–Crippen MR) is 49.8 cm³/mol. The summed E-state index contributed by atoms with van der Waals surface area (Å²) in [5, 5.41) is 1.14. The van der Waals surface area contributed by atoms with Crippen LogP contribution >= 0.6 is 0 Å². The molecule has 0 saturated carbocycles. The van der Waals surface area contributed by atoms with Crippen LogP contribution in [-0.4, -0.2) is 23.5 Å².